The number of para-hydroxylation sites is 1. The van der Waals surface area contributed by atoms with Crippen molar-refractivity contribution < 1.29 is 4.21 Å². The molecule has 0 aliphatic carbocycles. The normalized spacial score (nSPS) is 12.8. The lowest BCUT2D eigenvalue weighted by Crippen LogP contribution is -2.36. The largest absolute Gasteiger partial charge is 0.328 e. The molecule has 2 aromatic rings. The molecule has 0 saturated carbocycles. The molecule has 1 unspecified atom stereocenters. The summed E-state index contributed by atoms with van der Waals surface area (Å²) in [6.45, 7) is 0.169. The zero-order valence-electron chi connectivity index (χ0n) is 9.30. The van der Waals surface area contributed by atoms with Gasteiger partial charge in [-0.3, -0.25) is 13.6 Å². The summed E-state index contributed by atoms with van der Waals surface area (Å²) in [5.74, 6) is 0.293. The average Bonchev–Trinajstić information content (AvgIpc) is 2.28. The second-order valence-electron chi connectivity index (χ2n) is 3.71. The Morgan fingerprint density at radius 3 is 2.71 bits per heavy atom. The van der Waals surface area contributed by atoms with Gasteiger partial charge in [-0.25, -0.2) is 4.79 Å². The van der Waals surface area contributed by atoms with Crippen molar-refractivity contribution in [2.24, 2.45) is 0 Å². The van der Waals surface area contributed by atoms with Crippen LogP contribution in [-0.4, -0.2) is 25.8 Å². The van der Waals surface area contributed by atoms with Crippen molar-refractivity contribution in [3.05, 3.63) is 45.1 Å². The minimum atomic E-state index is -1.03. The minimum absolute atomic E-state index is 0.169. The molecule has 90 valence electrons. The van der Waals surface area contributed by atoms with Crippen molar-refractivity contribution in [1.82, 2.24) is 9.55 Å². The van der Waals surface area contributed by atoms with Crippen LogP contribution in [0.2, 0.25) is 0 Å². The van der Waals surface area contributed by atoms with E-state index in [1.54, 1.807) is 30.5 Å². The zero-order chi connectivity index (χ0) is 12.4. The van der Waals surface area contributed by atoms with Crippen LogP contribution in [0.1, 0.15) is 0 Å². The fourth-order valence-corrected chi connectivity index (χ4v) is 2.06. The third-order valence-electron chi connectivity index (χ3n) is 2.49. The van der Waals surface area contributed by atoms with E-state index in [1.165, 1.54) is 0 Å². The van der Waals surface area contributed by atoms with Crippen molar-refractivity contribution in [1.29, 1.82) is 0 Å². The first-order chi connectivity index (χ1) is 8.09. The van der Waals surface area contributed by atoms with Crippen LogP contribution >= 0.6 is 0 Å². The maximum absolute atomic E-state index is 12.0. The molecule has 1 N–H and O–H groups in total. The lowest BCUT2D eigenvalue weighted by molar-refractivity contribution is 0.660. The second-order valence-corrected chi connectivity index (χ2v) is 5.26. The van der Waals surface area contributed by atoms with E-state index >= 15 is 0 Å². The Hall–Kier alpha value is -1.69. The number of aromatic amines is 1. The lowest BCUT2D eigenvalue weighted by Gasteiger charge is -2.04. The molecule has 5 nitrogen and oxygen atoms in total. The molecule has 2 rings (SSSR count). The molecule has 0 amide bonds. The summed E-state index contributed by atoms with van der Waals surface area (Å²) in [5.41, 5.74) is -0.273. The van der Waals surface area contributed by atoms with Gasteiger partial charge >= 0.3 is 5.69 Å². The van der Waals surface area contributed by atoms with E-state index in [0.29, 0.717) is 16.7 Å². The van der Waals surface area contributed by atoms with Crippen LogP contribution in [0.25, 0.3) is 10.9 Å². The molecule has 1 aromatic carbocycles. The van der Waals surface area contributed by atoms with Crippen LogP contribution in [0, 0.1) is 0 Å². The molecule has 0 spiro atoms. The topological polar surface area (TPSA) is 71.9 Å². The zero-order valence-corrected chi connectivity index (χ0v) is 10.1. The number of H-pyrrole nitrogens is 1. The Morgan fingerprint density at radius 2 is 2.00 bits per heavy atom. The molecule has 0 radical (unpaired) electrons. The molecule has 0 saturated heterocycles. The quantitative estimate of drug-likeness (QED) is 0.840. The molecule has 1 heterocycles. The molecular formula is C11H12N2O3S. The van der Waals surface area contributed by atoms with E-state index in [2.05, 4.69) is 4.98 Å². The lowest BCUT2D eigenvalue weighted by atomic mass is 10.2. The van der Waals surface area contributed by atoms with E-state index in [4.69, 9.17) is 0 Å². The van der Waals surface area contributed by atoms with Gasteiger partial charge in [-0.15, -0.1) is 0 Å². The molecular weight excluding hydrogens is 240 g/mol. The summed E-state index contributed by atoms with van der Waals surface area (Å²) in [6, 6.07) is 6.83. The van der Waals surface area contributed by atoms with E-state index in [0.717, 1.165) is 4.57 Å². The summed E-state index contributed by atoms with van der Waals surface area (Å²) in [4.78, 5) is 26.3. The van der Waals surface area contributed by atoms with Crippen molar-refractivity contribution in [2.75, 3.05) is 12.0 Å². The van der Waals surface area contributed by atoms with Crippen LogP contribution in [0.5, 0.6) is 0 Å². The average molecular weight is 252 g/mol. The highest BCUT2D eigenvalue weighted by atomic mass is 32.2. The SMILES string of the molecule is CS(=O)CCn1c(=O)[nH]c2ccccc2c1=O. The smallest absolute Gasteiger partial charge is 0.307 e. The Balaban J connectivity index is 2.60. The number of hydrogen-bond acceptors (Lipinski definition) is 3. The van der Waals surface area contributed by atoms with Gasteiger partial charge < -0.3 is 4.98 Å². The van der Waals surface area contributed by atoms with Gasteiger partial charge in [0.05, 0.1) is 10.9 Å². The van der Waals surface area contributed by atoms with Crippen LogP contribution in [0.4, 0.5) is 0 Å². The standard InChI is InChI=1S/C11H12N2O3S/c1-17(16)7-6-13-10(14)8-4-2-3-5-9(8)12-11(13)15/h2-5H,6-7H2,1H3,(H,12,15). The van der Waals surface area contributed by atoms with Gasteiger partial charge in [-0.2, -0.15) is 0 Å². The highest BCUT2D eigenvalue weighted by Gasteiger charge is 2.06. The van der Waals surface area contributed by atoms with Gasteiger partial charge in [0, 0.05) is 29.4 Å². The highest BCUT2D eigenvalue weighted by molar-refractivity contribution is 7.84. The summed E-state index contributed by atoms with van der Waals surface area (Å²) in [7, 11) is -1.03. The maximum atomic E-state index is 12.0. The number of benzene rings is 1. The summed E-state index contributed by atoms with van der Waals surface area (Å²) < 4.78 is 12.1. The van der Waals surface area contributed by atoms with Crippen LogP contribution in [0.3, 0.4) is 0 Å². The fourth-order valence-electron chi connectivity index (χ4n) is 1.62. The highest BCUT2D eigenvalue weighted by Crippen LogP contribution is 2.02. The number of rotatable bonds is 3. The van der Waals surface area contributed by atoms with E-state index in [1.807, 2.05) is 0 Å². The maximum Gasteiger partial charge on any atom is 0.328 e. The van der Waals surface area contributed by atoms with E-state index < -0.39 is 16.5 Å². The monoisotopic (exact) mass is 252 g/mol. The Bertz CT molecular complexity index is 687. The first-order valence-electron chi connectivity index (χ1n) is 5.11. The molecule has 1 aromatic heterocycles. The molecule has 0 bridgehead atoms. The van der Waals surface area contributed by atoms with Crippen LogP contribution in [0.15, 0.2) is 33.9 Å². The summed E-state index contributed by atoms with van der Waals surface area (Å²) >= 11 is 0. The Morgan fingerprint density at radius 1 is 1.29 bits per heavy atom. The van der Waals surface area contributed by atoms with Gasteiger partial charge in [0.15, 0.2) is 0 Å². The first-order valence-corrected chi connectivity index (χ1v) is 6.84. The number of nitrogens with one attached hydrogen (secondary N) is 1. The van der Waals surface area contributed by atoms with Gasteiger partial charge in [0.1, 0.15) is 0 Å². The second kappa shape index (κ2) is 4.67. The third-order valence-corrected chi connectivity index (χ3v) is 3.25. The number of aromatic nitrogens is 2. The third kappa shape index (κ3) is 2.36. The number of hydrogen-bond donors (Lipinski definition) is 1. The van der Waals surface area contributed by atoms with E-state index in [-0.39, 0.29) is 12.1 Å². The van der Waals surface area contributed by atoms with Gasteiger partial charge in [0.25, 0.3) is 5.56 Å². The minimum Gasteiger partial charge on any atom is -0.307 e. The van der Waals surface area contributed by atoms with Gasteiger partial charge in [0.2, 0.25) is 0 Å². The molecule has 17 heavy (non-hydrogen) atoms. The first kappa shape index (κ1) is 11.8. The van der Waals surface area contributed by atoms with Gasteiger partial charge in [-0.05, 0) is 12.1 Å². The predicted molar refractivity (Wildman–Crippen MR) is 67.8 cm³/mol. The molecule has 0 aliphatic heterocycles. The summed E-state index contributed by atoms with van der Waals surface area (Å²) in [5, 5.41) is 0.467. The number of nitrogens with zero attached hydrogens (tertiary/aromatic N) is 1. The predicted octanol–water partition coefficient (Wildman–Crippen LogP) is 0.0683. The Labute approximate surface area is 99.6 Å². The summed E-state index contributed by atoms with van der Waals surface area (Å²) in [6.07, 6.45) is 1.54. The van der Waals surface area contributed by atoms with Crippen LogP contribution in [-0.2, 0) is 17.3 Å². The Kier molecular flexibility index (Phi) is 3.23. The number of fused-ring (bicyclic) bond motifs is 1. The molecule has 0 fully saturated rings. The fraction of sp³-hybridized carbons (Fsp3) is 0.273. The van der Waals surface area contributed by atoms with Crippen molar-refractivity contribution in [3.63, 3.8) is 0 Å². The molecule has 1 atom stereocenters. The van der Waals surface area contributed by atoms with Crippen molar-refractivity contribution in [3.8, 4) is 0 Å². The van der Waals surface area contributed by atoms with Crippen LogP contribution < -0.4 is 11.2 Å². The van der Waals surface area contributed by atoms with Crippen molar-refractivity contribution in [2.45, 2.75) is 6.54 Å². The molecule has 0 aliphatic rings. The van der Waals surface area contributed by atoms with Gasteiger partial charge in [-0.1, -0.05) is 12.1 Å². The molecule has 6 heteroatoms. The van der Waals surface area contributed by atoms with E-state index in [9.17, 15) is 13.8 Å². The van der Waals surface area contributed by atoms with Crippen molar-refractivity contribution >= 4 is 21.7 Å².